The first-order valence-corrected chi connectivity index (χ1v) is 5.59. The minimum Gasteiger partial charge on any atom is -0.508 e. The van der Waals surface area contributed by atoms with Crippen molar-refractivity contribution in [2.45, 2.75) is 13.8 Å². The molecule has 1 heterocycles. The van der Waals surface area contributed by atoms with E-state index in [0.29, 0.717) is 22.6 Å². The van der Waals surface area contributed by atoms with Crippen LogP contribution in [0.4, 0.5) is 0 Å². The van der Waals surface area contributed by atoms with Crippen LogP contribution in [-0.2, 0) is 0 Å². The summed E-state index contributed by atoms with van der Waals surface area (Å²) in [4.78, 5) is 16.0. The number of benzene rings is 2. The van der Waals surface area contributed by atoms with Crippen LogP contribution in [0.3, 0.4) is 0 Å². The molecule has 4 nitrogen and oxygen atoms in total. The highest BCUT2D eigenvalue weighted by Gasteiger charge is 2.14. The number of aryl methyl sites for hydroxylation is 2. The maximum Gasteiger partial charge on any atom is 0.182 e. The number of hydrogen-bond donors (Lipinski definition) is 1. The first kappa shape index (κ1) is 10.8. The van der Waals surface area contributed by atoms with Crippen LogP contribution in [0.2, 0.25) is 0 Å². The van der Waals surface area contributed by atoms with E-state index in [-0.39, 0.29) is 11.2 Å². The number of phenolic OH excluding ortho intramolecular Hbond substituents is 1. The number of aromatic nitrogens is 1. The first-order chi connectivity index (χ1) is 8.54. The second-order valence-corrected chi connectivity index (χ2v) is 4.41. The molecule has 0 saturated carbocycles. The highest BCUT2D eigenvalue weighted by molar-refractivity contribution is 5.81. The molecule has 4 heteroatoms. The fraction of sp³-hybridized carbons (Fsp3) is 0.143. The van der Waals surface area contributed by atoms with Crippen molar-refractivity contribution in [2.24, 2.45) is 0 Å². The molecule has 18 heavy (non-hydrogen) atoms. The summed E-state index contributed by atoms with van der Waals surface area (Å²) >= 11 is 0. The average Bonchev–Trinajstić information content (AvgIpc) is 2.26. The standard InChI is InChI=1S/C14H11NO3/c1-7-3-9(16)5-11-13(7)15-14-8(2)4-10(17)6-12(14)18-11/h3-6,16H,1-2H3. The van der Waals surface area contributed by atoms with Gasteiger partial charge in [0.2, 0.25) is 0 Å². The van der Waals surface area contributed by atoms with Crippen LogP contribution in [-0.4, -0.2) is 10.1 Å². The van der Waals surface area contributed by atoms with E-state index in [1.807, 2.05) is 13.8 Å². The molecule has 1 aliphatic carbocycles. The topological polar surface area (TPSA) is 63.3 Å². The van der Waals surface area contributed by atoms with Crippen LogP contribution < -0.4 is 5.43 Å². The Hall–Kier alpha value is -2.36. The van der Waals surface area contributed by atoms with E-state index >= 15 is 0 Å². The molecule has 0 bridgehead atoms. The van der Waals surface area contributed by atoms with Crippen molar-refractivity contribution >= 4 is 11.1 Å². The highest BCUT2D eigenvalue weighted by Crippen LogP contribution is 2.30. The normalized spacial score (nSPS) is 11.2. The number of fused-ring (bicyclic) bond motifs is 2. The smallest absolute Gasteiger partial charge is 0.182 e. The van der Waals surface area contributed by atoms with E-state index in [4.69, 9.17) is 4.42 Å². The van der Waals surface area contributed by atoms with Crippen molar-refractivity contribution in [1.82, 2.24) is 4.98 Å². The Morgan fingerprint density at radius 1 is 1.11 bits per heavy atom. The van der Waals surface area contributed by atoms with Gasteiger partial charge in [0.25, 0.3) is 0 Å². The lowest BCUT2D eigenvalue weighted by Crippen LogP contribution is -2.03. The van der Waals surface area contributed by atoms with Crippen molar-refractivity contribution in [3.8, 4) is 17.2 Å². The molecule has 0 unspecified atom stereocenters. The third kappa shape index (κ3) is 1.54. The summed E-state index contributed by atoms with van der Waals surface area (Å²) in [5, 5.41) is 9.54. The van der Waals surface area contributed by atoms with Gasteiger partial charge < -0.3 is 9.52 Å². The molecular weight excluding hydrogens is 230 g/mol. The van der Waals surface area contributed by atoms with Gasteiger partial charge in [0.1, 0.15) is 17.0 Å². The van der Waals surface area contributed by atoms with Gasteiger partial charge in [0.15, 0.2) is 16.8 Å². The molecule has 0 spiro atoms. The molecule has 0 atom stereocenters. The van der Waals surface area contributed by atoms with Gasteiger partial charge in [0, 0.05) is 12.1 Å². The molecule has 1 aliphatic heterocycles. The summed E-state index contributed by atoms with van der Waals surface area (Å²) in [5.74, 6) is 0.567. The molecule has 0 radical (unpaired) electrons. The number of phenols is 1. The van der Waals surface area contributed by atoms with Gasteiger partial charge in [-0.05, 0) is 37.1 Å². The lowest BCUT2D eigenvalue weighted by atomic mass is 10.1. The zero-order valence-corrected chi connectivity index (χ0v) is 10.0. The van der Waals surface area contributed by atoms with Crippen molar-refractivity contribution in [2.75, 3.05) is 0 Å². The first-order valence-electron chi connectivity index (χ1n) is 5.59. The molecule has 1 aromatic rings. The molecule has 0 fully saturated rings. The van der Waals surface area contributed by atoms with Crippen molar-refractivity contribution < 1.29 is 9.52 Å². The molecule has 0 aromatic heterocycles. The van der Waals surface area contributed by atoms with Crippen LogP contribution in [0, 0.1) is 13.8 Å². The van der Waals surface area contributed by atoms with Crippen LogP contribution in [0.1, 0.15) is 11.1 Å². The summed E-state index contributed by atoms with van der Waals surface area (Å²) < 4.78 is 5.65. The third-order valence-corrected chi connectivity index (χ3v) is 2.93. The highest BCUT2D eigenvalue weighted by atomic mass is 16.3. The molecule has 3 rings (SSSR count). The van der Waals surface area contributed by atoms with Gasteiger partial charge >= 0.3 is 0 Å². The van der Waals surface area contributed by atoms with Gasteiger partial charge in [-0.2, -0.15) is 0 Å². The van der Waals surface area contributed by atoms with Gasteiger partial charge in [-0.25, -0.2) is 4.98 Å². The maximum atomic E-state index is 11.4. The summed E-state index contributed by atoms with van der Waals surface area (Å²) in [6, 6.07) is 6.08. The molecular formula is C14H11NO3. The molecule has 0 amide bonds. The Morgan fingerprint density at radius 3 is 2.67 bits per heavy atom. The number of nitrogens with zero attached hydrogens (tertiary/aromatic N) is 1. The Balaban J connectivity index is 2.52. The van der Waals surface area contributed by atoms with Crippen molar-refractivity contribution in [1.29, 1.82) is 0 Å². The lowest BCUT2D eigenvalue weighted by molar-refractivity contribution is 0.473. The summed E-state index contributed by atoms with van der Waals surface area (Å²) in [7, 11) is 0. The minimum atomic E-state index is -0.109. The van der Waals surface area contributed by atoms with Gasteiger partial charge in [0.05, 0.1) is 0 Å². The van der Waals surface area contributed by atoms with Gasteiger partial charge in [-0.15, -0.1) is 0 Å². The second-order valence-electron chi connectivity index (χ2n) is 4.41. The van der Waals surface area contributed by atoms with Crippen LogP contribution in [0.15, 0.2) is 33.5 Å². The number of rotatable bonds is 0. The summed E-state index contributed by atoms with van der Waals surface area (Å²) in [6.45, 7) is 3.68. The monoisotopic (exact) mass is 241 g/mol. The molecule has 90 valence electrons. The molecule has 2 aliphatic rings. The third-order valence-electron chi connectivity index (χ3n) is 2.93. The Labute approximate surface area is 103 Å². The second kappa shape index (κ2) is 3.57. The molecule has 0 saturated heterocycles. The zero-order valence-electron chi connectivity index (χ0n) is 10.0. The van der Waals surface area contributed by atoms with Crippen LogP contribution in [0.25, 0.3) is 22.6 Å². The Bertz CT molecular complexity index is 789. The van der Waals surface area contributed by atoms with E-state index in [0.717, 1.165) is 11.1 Å². The molecule has 1 aromatic carbocycles. The van der Waals surface area contributed by atoms with Gasteiger partial charge in [-0.1, -0.05) is 0 Å². The van der Waals surface area contributed by atoms with Crippen molar-refractivity contribution in [3.63, 3.8) is 0 Å². The van der Waals surface area contributed by atoms with E-state index in [9.17, 15) is 9.90 Å². The summed E-state index contributed by atoms with van der Waals surface area (Å²) in [5.41, 5.74) is 3.36. The fourth-order valence-electron chi connectivity index (χ4n) is 2.12. The molecule has 1 N–H and O–H groups in total. The SMILES string of the molecule is Cc1cc(=O)cc2oc3cc(O)cc(C)c3nc1-2. The van der Waals surface area contributed by atoms with Gasteiger partial charge in [-0.3, -0.25) is 4.79 Å². The Kier molecular flexibility index (Phi) is 2.13. The van der Waals surface area contributed by atoms with Crippen LogP contribution in [0.5, 0.6) is 5.75 Å². The number of hydrogen-bond acceptors (Lipinski definition) is 4. The average molecular weight is 241 g/mol. The minimum absolute atomic E-state index is 0.109. The largest absolute Gasteiger partial charge is 0.508 e. The van der Waals surface area contributed by atoms with E-state index in [2.05, 4.69) is 4.98 Å². The fourth-order valence-corrected chi connectivity index (χ4v) is 2.12. The Morgan fingerprint density at radius 2 is 1.89 bits per heavy atom. The van der Waals surface area contributed by atoms with E-state index < -0.39 is 0 Å². The van der Waals surface area contributed by atoms with Crippen molar-refractivity contribution in [3.05, 3.63) is 45.6 Å². The predicted molar refractivity (Wildman–Crippen MR) is 68.0 cm³/mol. The maximum absolute atomic E-state index is 11.4. The van der Waals surface area contributed by atoms with Crippen LogP contribution >= 0.6 is 0 Å². The lowest BCUT2D eigenvalue weighted by Gasteiger charge is -2.09. The quantitative estimate of drug-likeness (QED) is 0.614. The number of aromatic hydroxyl groups is 1. The van der Waals surface area contributed by atoms with E-state index in [1.54, 1.807) is 6.07 Å². The predicted octanol–water partition coefficient (Wildman–Crippen LogP) is 2.62. The van der Waals surface area contributed by atoms with E-state index in [1.165, 1.54) is 18.2 Å². The zero-order chi connectivity index (χ0) is 12.9. The summed E-state index contributed by atoms with van der Waals surface area (Å²) in [6.07, 6.45) is 0.